The molecule has 1 N–H and O–H groups in total. The second-order valence-corrected chi connectivity index (χ2v) is 8.20. The molecular weight excluding hydrogens is 384 g/mol. The van der Waals surface area contributed by atoms with Crippen LogP contribution in [0.5, 0.6) is 5.75 Å². The maximum Gasteiger partial charge on any atom is 0.227 e. The van der Waals surface area contributed by atoms with Crippen LogP contribution in [0.4, 0.5) is 0 Å². The van der Waals surface area contributed by atoms with Gasteiger partial charge < -0.3 is 10.0 Å². The van der Waals surface area contributed by atoms with Crippen molar-refractivity contribution in [2.75, 3.05) is 6.54 Å². The third-order valence-electron chi connectivity index (χ3n) is 4.70. The highest BCUT2D eigenvalue weighted by molar-refractivity contribution is 7.11. The van der Waals surface area contributed by atoms with Gasteiger partial charge >= 0.3 is 0 Å². The highest BCUT2D eigenvalue weighted by Crippen LogP contribution is 2.19. The molecule has 0 saturated heterocycles. The Labute approximate surface area is 174 Å². The number of thiazole rings is 1. The van der Waals surface area contributed by atoms with Crippen molar-refractivity contribution in [1.82, 2.24) is 9.88 Å². The lowest BCUT2D eigenvalue weighted by atomic mass is 10.1. The van der Waals surface area contributed by atoms with E-state index in [1.807, 2.05) is 30.0 Å². The van der Waals surface area contributed by atoms with Gasteiger partial charge in [0.15, 0.2) is 6.29 Å². The molecule has 5 nitrogen and oxygen atoms in total. The number of phenols is 1. The molecule has 2 aromatic carbocycles. The fourth-order valence-corrected chi connectivity index (χ4v) is 4.03. The molecule has 0 radical (unpaired) electrons. The number of aromatic hydroxyl groups is 1. The fourth-order valence-electron chi connectivity index (χ4n) is 3.12. The number of hydrogen-bond donors (Lipinski definition) is 1. The van der Waals surface area contributed by atoms with Crippen LogP contribution in [0.2, 0.25) is 0 Å². The quantitative estimate of drug-likeness (QED) is 0.540. The topological polar surface area (TPSA) is 70.5 Å². The number of hydrogen-bond acceptors (Lipinski definition) is 5. The first kappa shape index (κ1) is 20.7. The van der Waals surface area contributed by atoms with E-state index in [4.69, 9.17) is 0 Å². The van der Waals surface area contributed by atoms with E-state index in [9.17, 15) is 14.7 Å². The number of aldehydes is 1. The van der Waals surface area contributed by atoms with Crippen molar-refractivity contribution in [3.05, 3.63) is 81.3 Å². The summed E-state index contributed by atoms with van der Waals surface area (Å²) in [5, 5.41) is 10.2. The summed E-state index contributed by atoms with van der Waals surface area (Å²) in [5.41, 5.74) is 2.54. The number of aromatic nitrogens is 1. The molecule has 0 spiro atoms. The maximum atomic E-state index is 13.0. The number of rotatable bonds is 9. The highest BCUT2D eigenvalue weighted by Gasteiger charge is 2.17. The van der Waals surface area contributed by atoms with Gasteiger partial charge in [-0.25, -0.2) is 4.98 Å². The zero-order valence-corrected chi connectivity index (χ0v) is 17.2. The molecule has 0 aliphatic rings. The predicted octanol–water partition coefficient (Wildman–Crippen LogP) is 4.17. The summed E-state index contributed by atoms with van der Waals surface area (Å²) in [6.07, 6.45) is 2.75. The zero-order chi connectivity index (χ0) is 20.6. The number of aryl methyl sites for hydroxylation is 2. The van der Waals surface area contributed by atoms with Crippen molar-refractivity contribution in [3.63, 3.8) is 0 Å². The molecule has 0 aliphatic carbocycles. The molecule has 1 amide bonds. The molecule has 0 atom stereocenters. The van der Waals surface area contributed by atoms with E-state index in [2.05, 4.69) is 17.1 Å². The molecule has 1 aromatic heterocycles. The van der Waals surface area contributed by atoms with Crippen LogP contribution >= 0.6 is 11.3 Å². The third kappa shape index (κ3) is 5.99. The first-order valence-corrected chi connectivity index (χ1v) is 10.4. The Morgan fingerprint density at radius 3 is 2.48 bits per heavy atom. The van der Waals surface area contributed by atoms with Crippen LogP contribution in [0.3, 0.4) is 0 Å². The first-order chi connectivity index (χ1) is 14.0. The van der Waals surface area contributed by atoms with Crippen LogP contribution in [0, 0.1) is 6.92 Å². The molecule has 0 bridgehead atoms. The smallest absolute Gasteiger partial charge is 0.227 e. The summed E-state index contributed by atoms with van der Waals surface area (Å²) in [7, 11) is 0. The van der Waals surface area contributed by atoms with Crippen molar-refractivity contribution in [1.29, 1.82) is 0 Å². The van der Waals surface area contributed by atoms with Crippen LogP contribution in [-0.4, -0.2) is 33.7 Å². The van der Waals surface area contributed by atoms with Gasteiger partial charge in [0.25, 0.3) is 0 Å². The molecule has 150 valence electrons. The Kier molecular flexibility index (Phi) is 7.14. The minimum atomic E-state index is 0.00394. The largest absolute Gasteiger partial charge is 0.508 e. The Morgan fingerprint density at radius 2 is 1.83 bits per heavy atom. The molecule has 0 fully saturated rings. The average Bonchev–Trinajstić information content (AvgIpc) is 3.09. The monoisotopic (exact) mass is 408 g/mol. The standard InChI is InChI=1S/C23H24N2O3S/c1-17-21(16-26)24-22(29-17)15-25(13-5-8-18-6-3-2-4-7-18)23(28)14-19-9-11-20(27)12-10-19/h2-4,6-7,9-12,16,27H,5,8,13-15H2,1H3. The molecule has 29 heavy (non-hydrogen) atoms. The minimum absolute atomic E-state index is 0.00394. The maximum absolute atomic E-state index is 13.0. The Balaban J connectivity index is 1.69. The summed E-state index contributed by atoms with van der Waals surface area (Å²) < 4.78 is 0. The Bertz CT molecular complexity index is 952. The number of amides is 1. The lowest BCUT2D eigenvalue weighted by Crippen LogP contribution is -2.33. The molecule has 1 heterocycles. The van der Waals surface area contributed by atoms with Crippen LogP contribution in [0.25, 0.3) is 0 Å². The van der Waals surface area contributed by atoms with Crippen LogP contribution < -0.4 is 0 Å². The van der Waals surface area contributed by atoms with E-state index in [-0.39, 0.29) is 18.1 Å². The summed E-state index contributed by atoms with van der Waals surface area (Å²) in [6.45, 7) is 2.87. The van der Waals surface area contributed by atoms with Crippen molar-refractivity contribution in [2.24, 2.45) is 0 Å². The summed E-state index contributed by atoms with van der Waals surface area (Å²) in [6, 6.07) is 16.9. The van der Waals surface area contributed by atoms with E-state index < -0.39 is 0 Å². The van der Waals surface area contributed by atoms with Crippen LogP contribution in [-0.2, 0) is 24.2 Å². The second-order valence-electron chi connectivity index (χ2n) is 6.91. The molecule has 3 rings (SSSR count). The van der Waals surface area contributed by atoms with Gasteiger partial charge in [-0.3, -0.25) is 9.59 Å². The fraction of sp³-hybridized carbons (Fsp3) is 0.261. The highest BCUT2D eigenvalue weighted by atomic mass is 32.1. The molecule has 3 aromatic rings. The van der Waals surface area contributed by atoms with Gasteiger partial charge in [-0.1, -0.05) is 42.5 Å². The van der Waals surface area contributed by atoms with Crippen molar-refractivity contribution < 1.29 is 14.7 Å². The zero-order valence-electron chi connectivity index (χ0n) is 16.4. The first-order valence-electron chi connectivity index (χ1n) is 9.56. The van der Waals surface area contributed by atoms with Gasteiger partial charge in [-0.15, -0.1) is 11.3 Å². The minimum Gasteiger partial charge on any atom is -0.508 e. The molecule has 0 aliphatic heterocycles. The molecule has 0 saturated carbocycles. The van der Waals surface area contributed by atoms with Crippen molar-refractivity contribution in [2.45, 2.75) is 32.7 Å². The van der Waals surface area contributed by atoms with Gasteiger partial charge in [0.1, 0.15) is 16.5 Å². The number of carbonyl (C=O) groups is 2. The Hall–Kier alpha value is -2.99. The number of nitrogens with zero attached hydrogens (tertiary/aromatic N) is 2. The molecular formula is C23H24N2O3S. The predicted molar refractivity (Wildman–Crippen MR) is 114 cm³/mol. The average molecular weight is 409 g/mol. The molecule has 6 heteroatoms. The van der Waals surface area contributed by atoms with E-state index in [0.717, 1.165) is 34.6 Å². The van der Waals surface area contributed by atoms with E-state index >= 15 is 0 Å². The van der Waals surface area contributed by atoms with E-state index in [1.165, 1.54) is 16.9 Å². The Morgan fingerprint density at radius 1 is 1.10 bits per heavy atom. The third-order valence-corrected chi connectivity index (χ3v) is 5.67. The summed E-state index contributed by atoms with van der Waals surface area (Å²) in [5.74, 6) is 0.185. The summed E-state index contributed by atoms with van der Waals surface area (Å²) >= 11 is 1.45. The lowest BCUT2D eigenvalue weighted by Gasteiger charge is -2.22. The van der Waals surface area contributed by atoms with Gasteiger partial charge in [0.05, 0.1) is 13.0 Å². The van der Waals surface area contributed by atoms with Gasteiger partial charge in [-0.05, 0) is 43.0 Å². The van der Waals surface area contributed by atoms with Crippen LogP contribution in [0.15, 0.2) is 54.6 Å². The van der Waals surface area contributed by atoms with E-state index in [0.29, 0.717) is 18.8 Å². The SMILES string of the molecule is Cc1sc(CN(CCCc2ccccc2)C(=O)Cc2ccc(O)cc2)nc1C=O. The van der Waals surface area contributed by atoms with E-state index in [1.54, 1.807) is 24.3 Å². The van der Waals surface area contributed by atoms with Crippen LogP contribution in [0.1, 0.15) is 37.9 Å². The molecule has 0 unspecified atom stereocenters. The number of phenolic OH excluding ortho intramolecular Hbond substituents is 1. The van der Waals surface area contributed by atoms with Gasteiger partial charge in [0.2, 0.25) is 5.91 Å². The lowest BCUT2D eigenvalue weighted by molar-refractivity contribution is -0.131. The normalized spacial score (nSPS) is 10.7. The number of benzene rings is 2. The van der Waals surface area contributed by atoms with Gasteiger partial charge in [-0.2, -0.15) is 0 Å². The van der Waals surface area contributed by atoms with Crippen molar-refractivity contribution in [3.8, 4) is 5.75 Å². The number of carbonyl (C=O) groups excluding carboxylic acids is 2. The second kappa shape index (κ2) is 9.98. The van der Waals surface area contributed by atoms with Crippen molar-refractivity contribution >= 4 is 23.5 Å². The van der Waals surface area contributed by atoms with Gasteiger partial charge in [0, 0.05) is 11.4 Å². The summed E-state index contributed by atoms with van der Waals surface area (Å²) in [4.78, 5) is 31.1.